The van der Waals surface area contributed by atoms with E-state index in [4.69, 9.17) is 9.47 Å². The van der Waals surface area contributed by atoms with Crippen LogP contribution in [-0.2, 0) is 4.74 Å². The average Bonchev–Trinajstić information content (AvgIpc) is 2.69. The zero-order chi connectivity index (χ0) is 19.4. The van der Waals surface area contributed by atoms with Crippen LogP contribution in [0.4, 0.5) is 0 Å². The number of unbranched alkanes of at least 4 members (excludes halogenated alkanes) is 6. The third-order valence-electron chi connectivity index (χ3n) is 4.91. The van der Waals surface area contributed by atoms with E-state index in [2.05, 4.69) is 78.9 Å². The van der Waals surface area contributed by atoms with Gasteiger partial charge >= 0.3 is 0 Å². The third kappa shape index (κ3) is 7.98. The van der Waals surface area contributed by atoms with Crippen LogP contribution in [0.25, 0.3) is 5.57 Å². The molecule has 1 aromatic rings. The van der Waals surface area contributed by atoms with Crippen molar-refractivity contribution < 1.29 is 9.47 Å². The van der Waals surface area contributed by atoms with Crippen molar-refractivity contribution in [1.29, 1.82) is 0 Å². The van der Waals surface area contributed by atoms with E-state index in [9.17, 15) is 0 Å². The Bertz CT molecular complexity index is 608. The minimum Gasteiger partial charge on any atom is -0.493 e. The van der Waals surface area contributed by atoms with Gasteiger partial charge in [0.05, 0.1) is 6.61 Å². The molecule has 0 spiro atoms. The summed E-state index contributed by atoms with van der Waals surface area (Å²) in [5.74, 6) is 0.992. The molecule has 1 aliphatic carbocycles. The normalized spacial score (nSPS) is 19.1. The maximum absolute atomic E-state index is 6.16. The highest BCUT2D eigenvalue weighted by atomic mass is 127. The Morgan fingerprint density at radius 3 is 2.30 bits per heavy atom. The average molecular weight is 482 g/mol. The van der Waals surface area contributed by atoms with Gasteiger partial charge in [-0.05, 0) is 53.1 Å². The quantitative estimate of drug-likeness (QED) is 0.163. The van der Waals surface area contributed by atoms with Crippen LogP contribution in [0, 0.1) is 0 Å². The molecular formula is C24H35IO2. The minimum absolute atomic E-state index is 0.205. The van der Waals surface area contributed by atoms with Crippen molar-refractivity contribution in [2.24, 2.45) is 0 Å². The predicted octanol–water partition coefficient (Wildman–Crippen LogP) is 7.72. The molecule has 2 nitrogen and oxygen atoms in total. The highest BCUT2D eigenvalue weighted by Gasteiger charge is 2.26. The number of benzene rings is 1. The van der Waals surface area contributed by atoms with E-state index in [0.717, 1.165) is 38.2 Å². The Labute approximate surface area is 179 Å². The molecule has 0 saturated carbocycles. The van der Waals surface area contributed by atoms with Gasteiger partial charge in [0.15, 0.2) is 0 Å². The van der Waals surface area contributed by atoms with Crippen LogP contribution in [-0.4, -0.2) is 16.8 Å². The maximum Gasteiger partial charge on any atom is 0.141 e. The summed E-state index contributed by atoms with van der Waals surface area (Å²) in [4.78, 5) is 0. The van der Waals surface area contributed by atoms with Gasteiger partial charge in [-0.15, -0.1) is 0 Å². The van der Waals surface area contributed by atoms with Crippen LogP contribution in [0.5, 0.6) is 5.75 Å². The van der Waals surface area contributed by atoms with E-state index in [1.807, 2.05) is 0 Å². The van der Waals surface area contributed by atoms with Crippen molar-refractivity contribution in [2.75, 3.05) is 13.2 Å². The molecule has 27 heavy (non-hydrogen) atoms. The number of hydrogen-bond donors (Lipinski definition) is 0. The van der Waals surface area contributed by atoms with Crippen molar-refractivity contribution in [2.45, 2.75) is 75.2 Å². The van der Waals surface area contributed by atoms with Crippen LogP contribution in [0.15, 0.2) is 42.5 Å². The summed E-state index contributed by atoms with van der Waals surface area (Å²) in [6, 6.07) is 8.38. The first-order valence-electron chi connectivity index (χ1n) is 10.6. The van der Waals surface area contributed by atoms with Gasteiger partial charge in [0.1, 0.15) is 9.36 Å². The summed E-state index contributed by atoms with van der Waals surface area (Å²) >= 11 is 2.44. The van der Waals surface area contributed by atoms with Crippen molar-refractivity contribution >= 4 is 28.2 Å². The van der Waals surface area contributed by atoms with Gasteiger partial charge < -0.3 is 9.47 Å². The van der Waals surface area contributed by atoms with E-state index in [-0.39, 0.29) is 3.61 Å². The lowest BCUT2D eigenvalue weighted by atomic mass is 9.97. The number of para-hydroxylation sites is 1. The topological polar surface area (TPSA) is 18.5 Å². The molecule has 0 fully saturated rings. The van der Waals surface area contributed by atoms with Crippen molar-refractivity contribution in [1.82, 2.24) is 0 Å². The molecule has 0 saturated heterocycles. The van der Waals surface area contributed by atoms with Crippen LogP contribution in [0.3, 0.4) is 0 Å². The van der Waals surface area contributed by atoms with Gasteiger partial charge in [-0.1, -0.05) is 82.7 Å². The summed E-state index contributed by atoms with van der Waals surface area (Å²) in [6.45, 7) is 6.11. The highest BCUT2D eigenvalue weighted by molar-refractivity contribution is 14.1. The molecule has 1 atom stereocenters. The molecule has 0 aliphatic heterocycles. The van der Waals surface area contributed by atoms with Gasteiger partial charge in [0, 0.05) is 18.6 Å². The molecule has 1 aromatic carbocycles. The van der Waals surface area contributed by atoms with Crippen LogP contribution >= 0.6 is 22.6 Å². The number of allylic oxidation sites excluding steroid dienone is 2. The highest BCUT2D eigenvalue weighted by Crippen LogP contribution is 2.37. The van der Waals surface area contributed by atoms with E-state index < -0.39 is 0 Å². The molecule has 0 radical (unpaired) electrons. The van der Waals surface area contributed by atoms with E-state index >= 15 is 0 Å². The van der Waals surface area contributed by atoms with Gasteiger partial charge in [0.2, 0.25) is 0 Å². The molecule has 3 heteroatoms. The zero-order valence-corrected chi connectivity index (χ0v) is 19.2. The second-order valence-corrected chi connectivity index (χ2v) is 9.12. The van der Waals surface area contributed by atoms with Gasteiger partial charge in [0.25, 0.3) is 0 Å². The number of rotatable bonds is 13. The summed E-state index contributed by atoms with van der Waals surface area (Å²) in [5, 5.41) is 0. The molecule has 1 unspecified atom stereocenters. The molecular weight excluding hydrogens is 447 g/mol. The third-order valence-corrected chi connectivity index (χ3v) is 6.02. The lowest BCUT2D eigenvalue weighted by Gasteiger charge is -2.27. The van der Waals surface area contributed by atoms with E-state index in [1.165, 1.54) is 49.7 Å². The number of alkyl halides is 1. The summed E-state index contributed by atoms with van der Waals surface area (Å²) in [7, 11) is 0. The minimum atomic E-state index is -0.205. The van der Waals surface area contributed by atoms with Crippen molar-refractivity contribution in [3.05, 3.63) is 48.1 Å². The summed E-state index contributed by atoms with van der Waals surface area (Å²) in [5.41, 5.74) is 2.42. The first-order valence-corrected chi connectivity index (χ1v) is 11.7. The van der Waals surface area contributed by atoms with Crippen LogP contribution in [0.2, 0.25) is 0 Å². The van der Waals surface area contributed by atoms with E-state index in [0.29, 0.717) is 0 Å². The molecule has 0 N–H and O–H groups in total. The van der Waals surface area contributed by atoms with Gasteiger partial charge in [-0.2, -0.15) is 0 Å². The van der Waals surface area contributed by atoms with Crippen molar-refractivity contribution in [3.8, 4) is 5.75 Å². The monoisotopic (exact) mass is 482 g/mol. The Morgan fingerprint density at radius 2 is 1.63 bits per heavy atom. The van der Waals surface area contributed by atoms with Crippen molar-refractivity contribution in [3.63, 3.8) is 0 Å². The molecule has 2 rings (SSSR count). The molecule has 150 valence electrons. The Kier molecular flexibility index (Phi) is 10.5. The summed E-state index contributed by atoms with van der Waals surface area (Å²) in [6.07, 6.45) is 17.5. The fourth-order valence-electron chi connectivity index (χ4n) is 3.22. The van der Waals surface area contributed by atoms with Crippen LogP contribution in [0.1, 0.15) is 77.2 Å². The standard InChI is InChI=1S/C24H35IO2/c1-3-5-7-11-19-26-23-14-10-9-13-22(23)21-15-17-24(25,18-16-21)27-20-12-8-6-4-2/h9-10,13-17H,3-8,11-12,18-20H2,1-2H3. The Morgan fingerprint density at radius 1 is 0.926 bits per heavy atom. The SMILES string of the molecule is CCCCCCOc1ccccc1C1=CCC(I)(OCCCCCC)C=C1. The molecule has 1 aliphatic rings. The Balaban J connectivity index is 1.88. The number of hydrogen-bond acceptors (Lipinski definition) is 2. The fourth-order valence-corrected chi connectivity index (χ4v) is 3.84. The molecule has 0 amide bonds. The van der Waals surface area contributed by atoms with Gasteiger partial charge in [-0.25, -0.2) is 0 Å². The Hall–Kier alpha value is -0.810. The first kappa shape index (κ1) is 22.5. The first-order chi connectivity index (χ1) is 13.2. The second kappa shape index (κ2) is 12.6. The number of halogens is 1. The number of ether oxygens (including phenoxy) is 2. The van der Waals surface area contributed by atoms with Gasteiger partial charge in [-0.3, -0.25) is 0 Å². The molecule has 0 aromatic heterocycles. The summed E-state index contributed by atoms with van der Waals surface area (Å²) < 4.78 is 12.0. The smallest absolute Gasteiger partial charge is 0.141 e. The molecule has 0 heterocycles. The van der Waals surface area contributed by atoms with Crippen LogP contribution < -0.4 is 4.74 Å². The fraction of sp³-hybridized carbons (Fsp3) is 0.583. The van der Waals surface area contributed by atoms with E-state index in [1.54, 1.807) is 0 Å². The lowest BCUT2D eigenvalue weighted by molar-refractivity contribution is 0.0709. The lowest BCUT2D eigenvalue weighted by Crippen LogP contribution is -2.23. The molecule has 0 bridgehead atoms. The second-order valence-electron chi connectivity index (χ2n) is 7.30. The maximum atomic E-state index is 6.16. The largest absolute Gasteiger partial charge is 0.493 e. The predicted molar refractivity (Wildman–Crippen MR) is 125 cm³/mol. The zero-order valence-electron chi connectivity index (χ0n) is 17.0.